The minimum absolute atomic E-state index is 0.0397. The molecule has 168 valence electrons. The smallest absolute Gasteiger partial charge is 0.282 e. The van der Waals surface area contributed by atoms with Crippen LogP contribution >= 0.6 is 11.3 Å². The summed E-state index contributed by atoms with van der Waals surface area (Å²) in [5.74, 6) is -0.0397. The Balaban J connectivity index is 1.36. The third-order valence-corrected chi connectivity index (χ3v) is 9.70. The van der Waals surface area contributed by atoms with E-state index in [4.69, 9.17) is 0 Å². The van der Waals surface area contributed by atoms with Crippen molar-refractivity contribution in [3.63, 3.8) is 0 Å². The fourth-order valence-electron chi connectivity index (χ4n) is 4.77. The Bertz CT molecular complexity index is 1040. The van der Waals surface area contributed by atoms with Gasteiger partial charge in [-0.15, -0.1) is 16.4 Å². The van der Waals surface area contributed by atoms with E-state index in [9.17, 15) is 13.2 Å². The lowest BCUT2D eigenvalue weighted by Crippen LogP contribution is -2.47. The highest BCUT2D eigenvalue weighted by Gasteiger charge is 2.35. The molecular weight excluding hydrogens is 438 g/mol. The van der Waals surface area contributed by atoms with Gasteiger partial charge >= 0.3 is 0 Å². The molecule has 5 rings (SSSR count). The molecule has 1 aliphatic carbocycles. The summed E-state index contributed by atoms with van der Waals surface area (Å²) >= 11 is 1.59. The summed E-state index contributed by atoms with van der Waals surface area (Å²) in [6.07, 6.45) is 7.99. The van der Waals surface area contributed by atoms with Crippen molar-refractivity contribution in [2.24, 2.45) is 0 Å². The number of hydrogen-bond donors (Lipinski definition) is 0. The molecular formula is C19H27N7O3S2. The summed E-state index contributed by atoms with van der Waals surface area (Å²) in [4.78, 5) is 16.7. The second-order valence-corrected chi connectivity index (χ2v) is 11.3. The molecule has 0 radical (unpaired) electrons. The van der Waals surface area contributed by atoms with Crippen LogP contribution in [-0.2, 0) is 23.1 Å². The van der Waals surface area contributed by atoms with E-state index in [2.05, 4.69) is 15.5 Å². The van der Waals surface area contributed by atoms with E-state index < -0.39 is 10.2 Å². The van der Waals surface area contributed by atoms with Crippen LogP contribution < -0.4 is 0 Å². The van der Waals surface area contributed by atoms with Crippen LogP contribution in [0.15, 0.2) is 6.33 Å². The van der Waals surface area contributed by atoms with Crippen molar-refractivity contribution in [1.82, 2.24) is 33.7 Å². The van der Waals surface area contributed by atoms with Crippen LogP contribution in [0.1, 0.15) is 52.9 Å². The fourth-order valence-corrected chi connectivity index (χ4v) is 7.79. The molecule has 10 nitrogen and oxygen atoms in total. The van der Waals surface area contributed by atoms with Gasteiger partial charge in [-0.05, 0) is 54.5 Å². The number of thiophene rings is 1. The van der Waals surface area contributed by atoms with Gasteiger partial charge in [0.1, 0.15) is 11.3 Å². The lowest BCUT2D eigenvalue weighted by atomic mass is 10.1. The summed E-state index contributed by atoms with van der Waals surface area (Å²) in [6, 6.07) is 0. The lowest BCUT2D eigenvalue weighted by molar-refractivity contribution is 0.0763. The molecule has 3 aliphatic rings. The maximum atomic E-state index is 13.6. The van der Waals surface area contributed by atoms with Gasteiger partial charge in [-0.2, -0.15) is 21.7 Å². The molecule has 0 atom stereocenters. The van der Waals surface area contributed by atoms with E-state index in [0.717, 1.165) is 49.1 Å². The average molecular weight is 466 g/mol. The van der Waals surface area contributed by atoms with Gasteiger partial charge in [0.15, 0.2) is 0 Å². The Labute approximate surface area is 186 Å². The van der Waals surface area contributed by atoms with Gasteiger partial charge in [0, 0.05) is 44.1 Å². The Hall–Kier alpha value is -1.89. The monoisotopic (exact) mass is 465 g/mol. The molecule has 0 bridgehead atoms. The molecule has 0 unspecified atom stereocenters. The minimum Gasteiger partial charge on any atom is -0.337 e. The van der Waals surface area contributed by atoms with Crippen molar-refractivity contribution >= 4 is 27.5 Å². The van der Waals surface area contributed by atoms with E-state index in [1.807, 2.05) is 0 Å². The SMILES string of the molecule is O=C(c1c(-n2cnnn2)sc2c1CCC2)N1CCCN(S(=O)(=O)N2CCCCC2)CC1. The average Bonchev–Trinajstić information content (AvgIpc) is 3.48. The van der Waals surface area contributed by atoms with Gasteiger partial charge < -0.3 is 4.90 Å². The van der Waals surface area contributed by atoms with Crippen LogP contribution in [-0.4, -0.2) is 87.3 Å². The first kappa shape index (κ1) is 21.0. The van der Waals surface area contributed by atoms with Crippen LogP contribution in [0.4, 0.5) is 0 Å². The maximum absolute atomic E-state index is 13.6. The number of amides is 1. The first-order valence-corrected chi connectivity index (χ1v) is 13.2. The lowest BCUT2D eigenvalue weighted by Gasteiger charge is -2.31. The van der Waals surface area contributed by atoms with Crippen molar-refractivity contribution in [1.29, 1.82) is 0 Å². The highest BCUT2D eigenvalue weighted by atomic mass is 32.2. The summed E-state index contributed by atoms with van der Waals surface area (Å²) in [5, 5.41) is 12.2. The number of rotatable bonds is 4. The normalized spacial score (nSPS) is 21.2. The van der Waals surface area contributed by atoms with Crippen LogP contribution in [0.5, 0.6) is 0 Å². The largest absolute Gasteiger partial charge is 0.337 e. The Morgan fingerprint density at radius 2 is 1.68 bits per heavy atom. The summed E-state index contributed by atoms with van der Waals surface area (Å²) < 4.78 is 30.9. The van der Waals surface area contributed by atoms with Crippen LogP contribution in [0.25, 0.3) is 5.00 Å². The number of carbonyl (C=O) groups excluding carboxylic acids is 1. The van der Waals surface area contributed by atoms with Gasteiger partial charge in [0.2, 0.25) is 0 Å². The quantitative estimate of drug-likeness (QED) is 0.670. The zero-order chi connectivity index (χ0) is 21.4. The molecule has 0 N–H and O–H groups in total. The van der Waals surface area contributed by atoms with E-state index in [1.165, 1.54) is 11.2 Å². The van der Waals surface area contributed by atoms with Gasteiger partial charge in [0.25, 0.3) is 16.1 Å². The number of aromatic nitrogens is 4. The molecule has 2 saturated heterocycles. The van der Waals surface area contributed by atoms with E-state index in [1.54, 1.807) is 29.5 Å². The topological polar surface area (TPSA) is 105 Å². The van der Waals surface area contributed by atoms with Crippen molar-refractivity contribution in [3.05, 3.63) is 22.3 Å². The molecule has 1 amide bonds. The number of nitrogens with zero attached hydrogens (tertiary/aromatic N) is 7. The van der Waals surface area contributed by atoms with Crippen molar-refractivity contribution in [3.8, 4) is 5.00 Å². The first-order valence-electron chi connectivity index (χ1n) is 11.0. The molecule has 0 aromatic carbocycles. The van der Waals surface area contributed by atoms with Crippen molar-refractivity contribution in [2.45, 2.75) is 44.9 Å². The zero-order valence-corrected chi connectivity index (χ0v) is 19.1. The molecule has 12 heteroatoms. The molecule has 2 fully saturated rings. The van der Waals surface area contributed by atoms with Gasteiger partial charge in [-0.1, -0.05) is 6.42 Å². The van der Waals surface area contributed by atoms with Crippen molar-refractivity contribution in [2.75, 3.05) is 39.3 Å². The van der Waals surface area contributed by atoms with Crippen LogP contribution in [0.2, 0.25) is 0 Å². The number of aryl methyl sites for hydroxylation is 1. The summed E-state index contributed by atoms with van der Waals surface area (Å²) in [7, 11) is -3.46. The van der Waals surface area contributed by atoms with Crippen molar-refractivity contribution < 1.29 is 13.2 Å². The van der Waals surface area contributed by atoms with E-state index in [0.29, 0.717) is 51.3 Å². The molecule has 2 aromatic heterocycles. The Kier molecular flexibility index (Phi) is 5.80. The van der Waals surface area contributed by atoms with Crippen LogP contribution in [0, 0.1) is 0 Å². The Morgan fingerprint density at radius 3 is 2.45 bits per heavy atom. The second kappa shape index (κ2) is 8.57. The number of carbonyl (C=O) groups is 1. The number of piperidine rings is 1. The number of tetrazole rings is 1. The molecule has 2 aromatic rings. The third kappa shape index (κ3) is 3.90. The molecule has 0 saturated carbocycles. The molecule has 31 heavy (non-hydrogen) atoms. The molecule has 4 heterocycles. The highest BCUT2D eigenvalue weighted by Crippen LogP contribution is 2.38. The third-order valence-electron chi connectivity index (χ3n) is 6.38. The van der Waals surface area contributed by atoms with Gasteiger partial charge in [-0.3, -0.25) is 4.79 Å². The number of fused-ring (bicyclic) bond motifs is 1. The molecule has 2 aliphatic heterocycles. The van der Waals surface area contributed by atoms with Gasteiger partial charge in [0.05, 0.1) is 5.56 Å². The highest BCUT2D eigenvalue weighted by molar-refractivity contribution is 7.86. The predicted molar refractivity (Wildman–Crippen MR) is 115 cm³/mol. The van der Waals surface area contributed by atoms with Gasteiger partial charge in [-0.25, -0.2) is 0 Å². The number of hydrogen-bond acceptors (Lipinski definition) is 7. The van der Waals surface area contributed by atoms with E-state index >= 15 is 0 Å². The zero-order valence-electron chi connectivity index (χ0n) is 17.4. The van der Waals surface area contributed by atoms with Crippen LogP contribution in [0.3, 0.4) is 0 Å². The van der Waals surface area contributed by atoms with E-state index in [-0.39, 0.29) is 5.91 Å². The summed E-state index contributed by atoms with van der Waals surface area (Å²) in [5.41, 5.74) is 1.81. The first-order chi connectivity index (χ1) is 15.1. The maximum Gasteiger partial charge on any atom is 0.282 e. The Morgan fingerprint density at radius 1 is 0.903 bits per heavy atom. The minimum atomic E-state index is -3.46. The standard InChI is InChI=1S/C19H27N7O3S2/c27-18(17-15-6-4-7-16(15)30-19(17)26-14-20-21-22-26)23-8-5-11-25(13-12-23)31(28,29)24-9-2-1-3-10-24/h14H,1-13H2. The molecule has 0 spiro atoms. The second-order valence-electron chi connectivity index (χ2n) is 8.30. The fraction of sp³-hybridized carbons (Fsp3) is 0.684. The predicted octanol–water partition coefficient (Wildman–Crippen LogP) is 1.09. The summed E-state index contributed by atoms with van der Waals surface area (Å²) in [6.45, 7) is 2.91.